The van der Waals surface area contributed by atoms with Gasteiger partial charge < -0.3 is 19.1 Å². The van der Waals surface area contributed by atoms with Crippen LogP contribution in [0, 0.1) is 11.8 Å². The van der Waals surface area contributed by atoms with Crippen LogP contribution in [0.25, 0.3) is 0 Å². The van der Waals surface area contributed by atoms with Gasteiger partial charge in [-0.2, -0.15) is 0 Å². The summed E-state index contributed by atoms with van der Waals surface area (Å²) in [6, 6.07) is 0. The molecule has 2 heterocycles. The van der Waals surface area contributed by atoms with Crippen molar-refractivity contribution < 1.29 is 23.8 Å². The number of likely N-dealkylation sites (tertiary alicyclic amines) is 1. The van der Waals surface area contributed by atoms with Gasteiger partial charge in [-0.05, 0) is 52.9 Å². The quantitative estimate of drug-likeness (QED) is 0.780. The Kier molecular flexibility index (Phi) is 3.96. The summed E-state index contributed by atoms with van der Waals surface area (Å²) in [7, 11) is 0. The standard InChI is InChI=1S/C17H27NO5/c1-16(2,3)23-15(20)18-8-10(9-18)6-11-7-12(19)14-13(11)21-17(4,5)22-14/h10-11,13-14H,6-9H2,1-5H3/t11-,13+,14-/m0/s1. The first kappa shape index (κ1) is 16.7. The van der Waals surface area contributed by atoms with Crippen molar-refractivity contribution in [3.63, 3.8) is 0 Å². The van der Waals surface area contributed by atoms with Crippen LogP contribution in [0.15, 0.2) is 0 Å². The summed E-state index contributed by atoms with van der Waals surface area (Å²) < 4.78 is 17.0. The summed E-state index contributed by atoms with van der Waals surface area (Å²) in [6.07, 6.45) is 0.626. The lowest BCUT2D eigenvalue weighted by Gasteiger charge is -2.41. The minimum atomic E-state index is -0.675. The highest BCUT2D eigenvalue weighted by Crippen LogP contribution is 2.43. The van der Waals surface area contributed by atoms with Gasteiger partial charge in [0.2, 0.25) is 0 Å². The lowest BCUT2D eigenvalue weighted by molar-refractivity contribution is -0.163. The van der Waals surface area contributed by atoms with Crippen LogP contribution in [0.3, 0.4) is 0 Å². The lowest BCUT2D eigenvalue weighted by Crippen LogP contribution is -2.52. The fourth-order valence-electron chi connectivity index (χ4n) is 3.71. The molecule has 3 aliphatic rings. The second kappa shape index (κ2) is 5.45. The Morgan fingerprint density at radius 1 is 1.30 bits per heavy atom. The molecule has 0 radical (unpaired) electrons. The minimum absolute atomic E-state index is 0.131. The second-order valence-electron chi connectivity index (χ2n) is 8.44. The molecule has 0 aromatic heterocycles. The fourth-order valence-corrected chi connectivity index (χ4v) is 3.71. The fraction of sp³-hybridized carbons (Fsp3) is 0.882. The number of fused-ring (bicyclic) bond motifs is 1. The van der Waals surface area contributed by atoms with Gasteiger partial charge in [-0.25, -0.2) is 4.79 Å². The van der Waals surface area contributed by atoms with Crippen LogP contribution < -0.4 is 0 Å². The molecule has 2 aliphatic heterocycles. The molecule has 3 atom stereocenters. The van der Waals surface area contributed by atoms with Gasteiger partial charge in [-0.3, -0.25) is 4.79 Å². The lowest BCUT2D eigenvalue weighted by atomic mass is 9.87. The van der Waals surface area contributed by atoms with Crippen molar-refractivity contribution >= 4 is 11.9 Å². The van der Waals surface area contributed by atoms with Crippen molar-refractivity contribution in [1.82, 2.24) is 4.90 Å². The van der Waals surface area contributed by atoms with Gasteiger partial charge in [0, 0.05) is 19.5 Å². The summed E-state index contributed by atoms with van der Waals surface area (Å²) >= 11 is 0. The number of carbonyl (C=O) groups excluding carboxylic acids is 2. The Balaban J connectivity index is 1.49. The maximum absolute atomic E-state index is 12.1. The van der Waals surface area contributed by atoms with E-state index in [-0.39, 0.29) is 23.9 Å². The molecular formula is C17H27NO5. The molecule has 2 saturated heterocycles. The molecule has 1 aliphatic carbocycles. The summed E-state index contributed by atoms with van der Waals surface area (Å²) in [5.41, 5.74) is -0.464. The third-order valence-electron chi connectivity index (χ3n) is 4.62. The van der Waals surface area contributed by atoms with Crippen LogP contribution in [-0.2, 0) is 19.0 Å². The summed E-state index contributed by atoms with van der Waals surface area (Å²) in [5, 5.41) is 0. The number of rotatable bonds is 2. The van der Waals surface area contributed by atoms with Crippen molar-refractivity contribution in [1.29, 1.82) is 0 Å². The van der Waals surface area contributed by atoms with Crippen LogP contribution in [0.4, 0.5) is 4.79 Å². The average molecular weight is 325 g/mol. The molecule has 23 heavy (non-hydrogen) atoms. The molecule has 0 spiro atoms. The van der Waals surface area contributed by atoms with E-state index in [1.165, 1.54) is 0 Å². The van der Waals surface area contributed by atoms with Gasteiger partial charge in [-0.15, -0.1) is 0 Å². The number of hydrogen-bond acceptors (Lipinski definition) is 5. The molecule has 3 fully saturated rings. The Hall–Kier alpha value is -1.14. The zero-order valence-electron chi connectivity index (χ0n) is 14.6. The van der Waals surface area contributed by atoms with Gasteiger partial charge in [0.1, 0.15) is 11.7 Å². The predicted octanol–water partition coefficient (Wildman–Crippen LogP) is 2.35. The third-order valence-corrected chi connectivity index (χ3v) is 4.62. The topological polar surface area (TPSA) is 65.1 Å². The first-order valence-electron chi connectivity index (χ1n) is 8.40. The molecule has 6 heteroatoms. The van der Waals surface area contributed by atoms with Gasteiger partial charge >= 0.3 is 6.09 Å². The molecule has 1 saturated carbocycles. The van der Waals surface area contributed by atoms with E-state index in [0.29, 0.717) is 25.4 Å². The highest BCUT2D eigenvalue weighted by Gasteiger charge is 2.54. The van der Waals surface area contributed by atoms with Gasteiger partial charge in [0.05, 0.1) is 6.10 Å². The first-order valence-corrected chi connectivity index (χ1v) is 8.40. The average Bonchev–Trinajstić information content (AvgIpc) is 2.77. The van der Waals surface area contributed by atoms with Crippen LogP contribution in [-0.4, -0.2) is 53.5 Å². The van der Waals surface area contributed by atoms with Gasteiger partial charge in [0.15, 0.2) is 11.6 Å². The molecule has 3 rings (SSSR count). The van der Waals surface area contributed by atoms with Gasteiger partial charge in [-0.1, -0.05) is 0 Å². The summed E-state index contributed by atoms with van der Waals surface area (Å²) in [6.45, 7) is 10.7. The van der Waals surface area contributed by atoms with Crippen molar-refractivity contribution in [3.05, 3.63) is 0 Å². The maximum Gasteiger partial charge on any atom is 0.410 e. The van der Waals surface area contributed by atoms with Crippen LogP contribution in [0.2, 0.25) is 0 Å². The van der Waals surface area contributed by atoms with E-state index in [9.17, 15) is 9.59 Å². The largest absolute Gasteiger partial charge is 0.444 e. The number of Topliss-reactive ketones (excluding diaryl/α,β-unsaturated/α-hetero) is 1. The van der Waals surface area contributed by atoms with E-state index in [1.54, 1.807) is 4.90 Å². The number of ether oxygens (including phenoxy) is 3. The van der Waals surface area contributed by atoms with E-state index >= 15 is 0 Å². The van der Waals surface area contributed by atoms with E-state index < -0.39 is 17.5 Å². The Morgan fingerprint density at radius 2 is 1.96 bits per heavy atom. The zero-order chi connectivity index (χ0) is 17.0. The first-order chi connectivity index (χ1) is 10.5. The van der Waals surface area contributed by atoms with E-state index in [0.717, 1.165) is 6.42 Å². The van der Waals surface area contributed by atoms with Crippen LogP contribution in [0.1, 0.15) is 47.5 Å². The van der Waals surface area contributed by atoms with E-state index in [4.69, 9.17) is 14.2 Å². The van der Waals surface area contributed by atoms with Crippen LogP contribution >= 0.6 is 0 Å². The smallest absolute Gasteiger partial charge is 0.410 e. The van der Waals surface area contributed by atoms with E-state index in [1.807, 2.05) is 34.6 Å². The van der Waals surface area contributed by atoms with Crippen molar-refractivity contribution in [3.8, 4) is 0 Å². The Bertz CT molecular complexity index is 504. The SMILES string of the molecule is CC(C)(C)OC(=O)N1CC(C[C@H]2CC(=O)[C@@H]3OC(C)(C)O[C@H]23)C1. The van der Waals surface area contributed by atoms with Crippen LogP contribution in [0.5, 0.6) is 0 Å². The number of carbonyl (C=O) groups is 2. The third kappa shape index (κ3) is 3.53. The maximum atomic E-state index is 12.1. The molecule has 0 N–H and O–H groups in total. The molecular weight excluding hydrogens is 298 g/mol. The normalized spacial score (nSPS) is 33.5. The second-order valence-corrected chi connectivity index (χ2v) is 8.44. The molecule has 130 valence electrons. The van der Waals surface area contributed by atoms with E-state index in [2.05, 4.69) is 0 Å². The molecule has 0 unspecified atom stereocenters. The van der Waals surface area contributed by atoms with Crippen molar-refractivity contribution in [2.75, 3.05) is 13.1 Å². The number of ketones is 1. The van der Waals surface area contributed by atoms with Gasteiger partial charge in [0.25, 0.3) is 0 Å². The molecule has 0 bridgehead atoms. The zero-order valence-corrected chi connectivity index (χ0v) is 14.6. The monoisotopic (exact) mass is 325 g/mol. The molecule has 0 aromatic rings. The molecule has 6 nitrogen and oxygen atoms in total. The number of nitrogens with zero attached hydrogens (tertiary/aromatic N) is 1. The highest BCUT2D eigenvalue weighted by atomic mass is 16.8. The van der Waals surface area contributed by atoms with Crippen molar-refractivity contribution in [2.24, 2.45) is 11.8 Å². The summed E-state index contributed by atoms with van der Waals surface area (Å²) in [4.78, 5) is 25.8. The summed E-state index contributed by atoms with van der Waals surface area (Å²) in [5.74, 6) is 0.0755. The predicted molar refractivity (Wildman–Crippen MR) is 82.9 cm³/mol. The Labute approximate surface area is 137 Å². The highest BCUT2D eigenvalue weighted by molar-refractivity contribution is 5.87. The molecule has 0 aromatic carbocycles. The van der Waals surface area contributed by atoms with Crippen molar-refractivity contribution in [2.45, 2.75) is 71.1 Å². The minimum Gasteiger partial charge on any atom is -0.444 e. The molecule has 1 amide bonds. The number of hydrogen-bond donors (Lipinski definition) is 0. The Morgan fingerprint density at radius 3 is 2.57 bits per heavy atom. The number of amides is 1.